The molecule has 0 bridgehead atoms. The highest BCUT2D eigenvalue weighted by atomic mass is 32.1. The molecule has 1 aromatic heterocycles. The molecule has 142 valence electrons. The van der Waals surface area contributed by atoms with E-state index in [0.29, 0.717) is 32.1 Å². The monoisotopic (exact) mass is 376 g/mol. The van der Waals surface area contributed by atoms with Gasteiger partial charge in [0.2, 0.25) is 5.91 Å². The van der Waals surface area contributed by atoms with E-state index in [9.17, 15) is 4.79 Å². The van der Waals surface area contributed by atoms with Gasteiger partial charge in [0.25, 0.3) is 0 Å². The van der Waals surface area contributed by atoms with E-state index in [1.807, 2.05) is 25.1 Å². The number of thiazole rings is 1. The number of ether oxygens (including phenoxy) is 2. The highest BCUT2D eigenvalue weighted by Gasteiger charge is 2.17. The lowest BCUT2D eigenvalue weighted by atomic mass is 9.87. The molecule has 5 nitrogen and oxygen atoms in total. The topological polar surface area (TPSA) is 52.8 Å². The summed E-state index contributed by atoms with van der Waals surface area (Å²) in [6, 6.07) is 5.98. The molecule has 0 unspecified atom stereocenters. The van der Waals surface area contributed by atoms with Crippen LogP contribution in [0.3, 0.4) is 0 Å². The predicted molar refractivity (Wildman–Crippen MR) is 105 cm³/mol. The quantitative estimate of drug-likeness (QED) is 0.682. The maximum atomic E-state index is 12.5. The zero-order chi connectivity index (χ0) is 18.4. The summed E-state index contributed by atoms with van der Waals surface area (Å²) >= 11 is 1.54. The molecule has 2 aromatic rings. The van der Waals surface area contributed by atoms with Gasteiger partial charge in [0, 0.05) is 19.6 Å². The van der Waals surface area contributed by atoms with Crippen LogP contribution in [0.25, 0.3) is 10.2 Å². The van der Waals surface area contributed by atoms with Crippen LogP contribution in [0.2, 0.25) is 0 Å². The molecular formula is C20H28N2O3S. The first-order chi connectivity index (χ1) is 12.7. The number of methoxy groups -OCH3 is 1. The number of hydrogen-bond acceptors (Lipinski definition) is 4. The van der Waals surface area contributed by atoms with Gasteiger partial charge in [-0.2, -0.15) is 4.99 Å². The van der Waals surface area contributed by atoms with E-state index in [2.05, 4.69) is 9.56 Å². The van der Waals surface area contributed by atoms with Crippen molar-refractivity contribution in [2.24, 2.45) is 10.9 Å². The second-order valence-electron chi connectivity index (χ2n) is 6.78. The number of benzene rings is 1. The number of rotatable bonds is 7. The third kappa shape index (κ3) is 4.74. The third-order valence-corrected chi connectivity index (χ3v) is 6.00. The Morgan fingerprint density at radius 3 is 2.85 bits per heavy atom. The molecule has 1 aliphatic rings. The Bertz CT molecular complexity index is 803. The maximum absolute atomic E-state index is 12.5. The Kier molecular flexibility index (Phi) is 6.86. The summed E-state index contributed by atoms with van der Waals surface area (Å²) in [5.74, 6) is 1.32. The van der Waals surface area contributed by atoms with E-state index in [1.165, 1.54) is 19.3 Å². The summed E-state index contributed by atoms with van der Waals surface area (Å²) in [5.41, 5.74) is 1.07. The molecule has 1 heterocycles. The normalized spacial score (nSPS) is 16.3. The van der Waals surface area contributed by atoms with Crippen LogP contribution in [-0.4, -0.2) is 30.8 Å². The number of carbonyl (C=O) groups is 1. The highest BCUT2D eigenvalue weighted by Crippen LogP contribution is 2.27. The molecule has 1 aliphatic carbocycles. The summed E-state index contributed by atoms with van der Waals surface area (Å²) in [4.78, 5) is 17.8. The van der Waals surface area contributed by atoms with Crippen LogP contribution >= 0.6 is 11.3 Å². The first-order valence-electron chi connectivity index (χ1n) is 9.54. The van der Waals surface area contributed by atoms with E-state index >= 15 is 0 Å². The van der Waals surface area contributed by atoms with E-state index < -0.39 is 0 Å². The molecule has 0 spiro atoms. The average molecular weight is 377 g/mol. The molecule has 0 aliphatic heterocycles. The second kappa shape index (κ2) is 9.33. The van der Waals surface area contributed by atoms with Gasteiger partial charge in [0.15, 0.2) is 4.80 Å². The van der Waals surface area contributed by atoms with Crippen LogP contribution in [-0.2, 0) is 16.1 Å². The van der Waals surface area contributed by atoms with Gasteiger partial charge in [-0.25, -0.2) is 0 Å². The summed E-state index contributed by atoms with van der Waals surface area (Å²) < 4.78 is 14.0. The number of nitrogens with zero attached hydrogens (tertiary/aromatic N) is 2. The lowest BCUT2D eigenvalue weighted by Crippen LogP contribution is -2.20. The zero-order valence-electron chi connectivity index (χ0n) is 15.7. The Labute approximate surface area is 158 Å². The zero-order valence-corrected chi connectivity index (χ0v) is 16.5. The predicted octanol–water partition coefficient (Wildman–Crippen LogP) is 4.15. The van der Waals surface area contributed by atoms with Crippen LogP contribution in [0, 0.1) is 5.92 Å². The van der Waals surface area contributed by atoms with Gasteiger partial charge < -0.3 is 14.0 Å². The number of hydrogen-bond donors (Lipinski definition) is 0. The van der Waals surface area contributed by atoms with Crippen LogP contribution in [0.1, 0.15) is 45.4 Å². The summed E-state index contributed by atoms with van der Waals surface area (Å²) in [6.45, 7) is 3.97. The molecule has 0 saturated heterocycles. The lowest BCUT2D eigenvalue weighted by molar-refractivity contribution is -0.119. The highest BCUT2D eigenvalue weighted by molar-refractivity contribution is 7.16. The molecule has 26 heavy (non-hydrogen) atoms. The largest absolute Gasteiger partial charge is 0.497 e. The number of amides is 1. The molecule has 3 rings (SSSR count). The minimum Gasteiger partial charge on any atom is -0.497 e. The molecule has 0 atom stereocenters. The van der Waals surface area contributed by atoms with Crippen molar-refractivity contribution in [2.45, 2.75) is 52.0 Å². The average Bonchev–Trinajstić information content (AvgIpc) is 2.99. The summed E-state index contributed by atoms with van der Waals surface area (Å²) in [7, 11) is 1.66. The maximum Gasteiger partial charge on any atom is 0.248 e. The number of carbonyl (C=O) groups excluding carboxylic acids is 1. The smallest absolute Gasteiger partial charge is 0.248 e. The second-order valence-corrected chi connectivity index (χ2v) is 7.79. The Morgan fingerprint density at radius 1 is 1.31 bits per heavy atom. The van der Waals surface area contributed by atoms with Gasteiger partial charge >= 0.3 is 0 Å². The van der Waals surface area contributed by atoms with Crippen LogP contribution in [0.15, 0.2) is 23.2 Å². The van der Waals surface area contributed by atoms with Crippen molar-refractivity contribution in [1.29, 1.82) is 0 Å². The fourth-order valence-corrected chi connectivity index (χ4v) is 4.67. The van der Waals surface area contributed by atoms with E-state index in [1.54, 1.807) is 18.4 Å². The van der Waals surface area contributed by atoms with Crippen molar-refractivity contribution in [3.63, 3.8) is 0 Å². The van der Waals surface area contributed by atoms with Crippen LogP contribution < -0.4 is 9.54 Å². The molecule has 0 N–H and O–H groups in total. The third-order valence-electron chi connectivity index (χ3n) is 4.96. The van der Waals surface area contributed by atoms with Gasteiger partial charge in [0.05, 0.1) is 23.9 Å². The Balaban J connectivity index is 1.88. The fourth-order valence-electron chi connectivity index (χ4n) is 3.57. The van der Waals surface area contributed by atoms with Crippen molar-refractivity contribution < 1.29 is 14.3 Å². The molecule has 1 fully saturated rings. The minimum atomic E-state index is 0.000538. The number of fused-ring (bicyclic) bond motifs is 1. The van der Waals surface area contributed by atoms with E-state index in [-0.39, 0.29) is 5.91 Å². The summed E-state index contributed by atoms with van der Waals surface area (Å²) in [5, 5.41) is 0. The van der Waals surface area contributed by atoms with Gasteiger partial charge in [-0.1, -0.05) is 30.6 Å². The van der Waals surface area contributed by atoms with Crippen molar-refractivity contribution in [3.05, 3.63) is 23.0 Å². The van der Waals surface area contributed by atoms with Crippen LogP contribution in [0.5, 0.6) is 5.75 Å². The first-order valence-corrected chi connectivity index (χ1v) is 10.4. The standard InChI is InChI=1S/C20H28N2O3S/c1-3-25-12-11-22-17-10-9-16(24-2)14-18(17)26-20(22)21-19(23)13-15-7-5-4-6-8-15/h9-10,14-15H,3-8,11-13H2,1-2H3. The molecule has 6 heteroatoms. The molecular weight excluding hydrogens is 348 g/mol. The minimum absolute atomic E-state index is 0.000538. The molecule has 1 aromatic carbocycles. The molecule has 1 amide bonds. The number of aromatic nitrogens is 1. The van der Waals surface area contributed by atoms with Crippen molar-refractivity contribution in [3.8, 4) is 5.75 Å². The van der Waals surface area contributed by atoms with Gasteiger partial charge in [0.1, 0.15) is 5.75 Å². The van der Waals surface area contributed by atoms with Crippen molar-refractivity contribution in [2.75, 3.05) is 20.3 Å². The SMILES string of the molecule is CCOCCn1c(=NC(=O)CC2CCCCC2)sc2cc(OC)ccc21. The first kappa shape index (κ1) is 19.1. The molecule has 0 radical (unpaired) electrons. The van der Waals surface area contributed by atoms with Gasteiger partial charge in [-0.3, -0.25) is 4.79 Å². The van der Waals surface area contributed by atoms with Crippen LogP contribution in [0.4, 0.5) is 0 Å². The van der Waals surface area contributed by atoms with E-state index in [4.69, 9.17) is 9.47 Å². The summed E-state index contributed by atoms with van der Waals surface area (Å²) in [6.07, 6.45) is 6.69. The van der Waals surface area contributed by atoms with Gasteiger partial charge in [-0.15, -0.1) is 0 Å². The van der Waals surface area contributed by atoms with E-state index in [0.717, 1.165) is 33.6 Å². The fraction of sp³-hybridized carbons (Fsp3) is 0.600. The molecule has 1 saturated carbocycles. The lowest BCUT2D eigenvalue weighted by Gasteiger charge is -2.19. The van der Waals surface area contributed by atoms with Crippen molar-refractivity contribution in [1.82, 2.24) is 4.57 Å². The Morgan fingerprint density at radius 2 is 2.12 bits per heavy atom. The Hall–Kier alpha value is -1.66. The van der Waals surface area contributed by atoms with Crippen molar-refractivity contribution >= 4 is 27.5 Å². The van der Waals surface area contributed by atoms with Gasteiger partial charge in [-0.05, 0) is 43.9 Å².